The first-order valence-electron chi connectivity index (χ1n) is 9.40. The van der Waals surface area contributed by atoms with Crippen molar-refractivity contribution in [2.75, 3.05) is 19.6 Å². The lowest BCUT2D eigenvalue weighted by Gasteiger charge is -2.51. The standard InChI is InChI=1S/C20H26N2O/c23-18(12-14-6-7-14)22-13-17(15-4-2-1-3-5-15)20-19(22)16-8-10-21(20)11-9-16/h1-5,14,16-17,19-20H,6-13H2/t17-,19-,20-/m1/s1. The molecule has 6 rings (SSSR count). The fourth-order valence-electron chi connectivity index (χ4n) is 5.38. The number of hydrogen-bond acceptors (Lipinski definition) is 2. The molecule has 1 aliphatic carbocycles. The Kier molecular flexibility index (Phi) is 3.26. The Balaban J connectivity index is 1.47. The van der Waals surface area contributed by atoms with E-state index in [1.165, 1.54) is 44.3 Å². The van der Waals surface area contributed by atoms with Crippen LogP contribution in [0.25, 0.3) is 0 Å². The summed E-state index contributed by atoms with van der Waals surface area (Å²) in [6.07, 6.45) is 5.92. The summed E-state index contributed by atoms with van der Waals surface area (Å²) >= 11 is 0. The van der Waals surface area contributed by atoms with Crippen LogP contribution in [0.2, 0.25) is 0 Å². The minimum absolute atomic E-state index is 0.440. The second kappa shape index (κ2) is 5.34. The third-order valence-electron chi connectivity index (χ3n) is 6.70. The van der Waals surface area contributed by atoms with E-state index in [2.05, 4.69) is 40.1 Å². The normalized spacial score (nSPS) is 38.6. The zero-order valence-electron chi connectivity index (χ0n) is 13.7. The molecule has 3 heteroatoms. The lowest BCUT2D eigenvalue weighted by Crippen LogP contribution is -2.60. The lowest BCUT2D eigenvalue weighted by molar-refractivity contribution is -0.136. The van der Waals surface area contributed by atoms with Gasteiger partial charge in [0.2, 0.25) is 5.91 Å². The van der Waals surface area contributed by atoms with Gasteiger partial charge in [0.05, 0.1) is 6.04 Å². The maximum atomic E-state index is 12.9. The summed E-state index contributed by atoms with van der Waals surface area (Å²) < 4.78 is 0. The smallest absolute Gasteiger partial charge is 0.223 e. The summed E-state index contributed by atoms with van der Waals surface area (Å²) in [5.41, 5.74) is 1.43. The molecule has 23 heavy (non-hydrogen) atoms. The Morgan fingerprint density at radius 2 is 1.74 bits per heavy atom. The molecule has 4 saturated heterocycles. The quantitative estimate of drug-likeness (QED) is 0.857. The molecule has 5 fully saturated rings. The highest BCUT2D eigenvalue weighted by Gasteiger charge is 2.54. The van der Waals surface area contributed by atoms with Crippen LogP contribution in [0.1, 0.15) is 43.6 Å². The van der Waals surface area contributed by atoms with E-state index in [4.69, 9.17) is 0 Å². The number of nitrogens with zero attached hydrogens (tertiary/aromatic N) is 2. The average molecular weight is 310 g/mol. The van der Waals surface area contributed by atoms with Gasteiger partial charge in [0.15, 0.2) is 0 Å². The van der Waals surface area contributed by atoms with Crippen molar-refractivity contribution >= 4 is 5.91 Å². The highest BCUT2D eigenvalue weighted by atomic mass is 16.2. The van der Waals surface area contributed by atoms with Crippen LogP contribution >= 0.6 is 0 Å². The van der Waals surface area contributed by atoms with Crippen LogP contribution in [0.5, 0.6) is 0 Å². The molecule has 1 aromatic rings. The summed E-state index contributed by atoms with van der Waals surface area (Å²) in [5, 5.41) is 0. The molecule has 1 aromatic carbocycles. The van der Waals surface area contributed by atoms with Crippen molar-refractivity contribution in [1.82, 2.24) is 9.80 Å². The molecule has 0 aromatic heterocycles. The predicted octanol–water partition coefficient (Wildman–Crippen LogP) is 2.88. The summed E-state index contributed by atoms with van der Waals surface area (Å²) in [7, 11) is 0. The zero-order chi connectivity index (χ0) is 15.4. The van der Waals surface area contributed by atoms with E-state index in [1.807, 2.05) is 0 Å². The van der Waals surface area contributed by atoms with Crippen LogP contribution < -0.4 is 0 Å². The fourth-order valence-corrected chi connectivity index (χ4v) is 5.38. The van der Waals surface area contributed by atoms with Gasteiger partial charge in [-0.3, -0.25) is 9.69 Å². The number of fused-ring (bicyclic) bond motifs is 2. The fraction of sp³-hybridized carbons (Fsp3) is 0.650. The van der Waals surface area contributed by atoms with Crippen LogP contribution in [0.4, 0.5) is 0 Å². The second-order valence-electron chi connectivity index (χ2n) is 8.07. The lowest BCUT2D eigenvalue weighted by atomic mass is 9.75. The summed E-state index contributed by atoms with van der Waals surface area (Å²) in [6, 6.07) is 12.0. The molecular formula is C20H26N2O. The Labute approximate surface area is 138 Å². The molecule has 0 radical (unpaired) electrons. The minimum atomic E-state index is 0.440. The topological polar surface area (TPSA) is 23.6 Å². The van der Waals surface area contributed by atoms with Gasteiger partial charge >= 0.3 is 0 Å². The van der Waals surface area contributed by atoms with Crippen molar-refractivity contribution in [1.29, 1.82) is 0 Å². The first-order valence-corrected chi connectivity index (χ1v) is 9.40. The van der Waals surface area contributed by atoms with Gasteiger partial charge in [0.25, 0.3) is 0 Å². The van der Waals surface area contributed by atoms with Crippen molar-refractivity contribution in [2.45, 2.75) is 50.1 Å². The maximum absolute atomic E-state index is 12.9. The Hall–Kier alpha value is -1.35. The van der Waals surface area contributed by atoms with Crippen LogP contribution in [0.15, 0.2) is 30.3 Å². The molecule has 4 aliphatic heterocycles. The molecule has 2 bridgehead atoms. The van der Waals surface area contributed by atoms with Gasteiger partial charge in [-0.05, 0) is 56.2 Å². The molecule has 1 saturated carbocycles. The monoisotopic (exact) mass is 310 g/mol. The van der Waals surface area contributed by atoms with Gasteiger partial charge in [-0.2, -0.15) is 0 Å². The number of carbonyl (C=O) groups is 1. The van der Waals surface area contributed by atoms with Crippen molar-refractivity contribution in [3.63, 3.8) is 0 Å². The maximum Gasteiger partial charge on any atom is 0.223 e. The van der Waals surface area contributed by atoms with Crippen molar-refractivity contribution < 1.29 is 4.79 Å². The van der Waals surface area contributed by atoms with E-state index in [1.54, 1.807) is 0 Å². The highest BCUT2D eigenvalue weighted by Crippen LogP contribution is 2.47. The van der Waals surface area contributed by atoms with Crippen LogP contribution in [0, 0.1) is 11.8 Å². The number of rotatable bonds is 3. The summed E-state index contributed by atoms with van der Waals surface area (Å²) in [5.74, 6) is 2.38. The van der Waals surface area contributed by atoms with Gasteiger partial charge in [-0.15, -0.1) is 0 Å². The molecule has 0 spiro atoms. The Morgan fingerprint density at radius 3 is 2.43 bits per heavy atom. The third-order valence-corrected chi connectivity index (χ3v) is 6.70. The number of hydrogen-bond donors (Lipinski definition) is 0. The number of piperidine rings is 3. The van der Waals surface area contributed by atoms with Crippen molar-refractivity contribution in [2.24, 2.45) is 11.8 Å². The van der Waals surface area contributed by atoms with Gasteiger partial charge in [0.1, 0.15) is 0 Å². The van der Waals surface area contributed by atoms with E-state index in [-0.39, 0.29) is 0 Å². The summed E-state index contributed by atoms with van der Waals surface area (Å²) in [4.78, 5) is 17.9. The molecular weight excluding hydrogens is 284 g/mol. The molecule has 0 unspecified atom stereocenters. The number of benzene rings is 1. The van der Waals surface area contributed by atoms with Gasteiger partial charge in [-0.25, -0.2) is 0 Å². The molecule has 1 amide bonds. The minimum Gasteiger partial charge on any atom is -0.337 e. The largest absolute Gasteiger partial charge is 0.337 e. The van der Waals surface area contributed by atoms with Crippen LogP contribution in [0.3, 0.4) is 0 Å². The van der Waals surface area contributed by atoms with Crippen LogP contribution in [-0.4, -0.2) is 47.4 Å². The van der Waals surface area contributed by atoms with E-state index < -0.39 is 0 Å². The average Bonchev–Trinajstić information content (AvgIpc) is 3.31. The predicted molar refractivity (Wildman–Crippen MR) is 90.1 cm³/mol. The van der Waals surface area contributed by atoms with Crippen molar-refractivity contribution in [3.05, 3.63) is 35.9 Å². The second-order valence-corrected chi connectivity index (χ2v) is 8.07. The number of carbonyl (C=O) groups excluding carboxylic acids is 1. The number of likely N-dealkylation sites (tertiary alicyclic amines) is 1. The van der Waals surface area contributed by atoms with Gasteiger partial charge < -0.3 is 4.90 Å². The van der Waals surface area contributed by atoms with E-state index >= 15 is 0 Å². The molecule has 0 N–H and O–H groups in total. The first-order chi connectivity index (χ1) is 11.3. The SMILES string of the molecule is O=C(CC1CC1)N1C[C@H](c2ccccc2)[C@@H]2[C@H]1C1CCN2CC1. The zero-order valence-corrected chi connectivity index (χ0v) is 13.7. The molecule has 5 aliphatic rings. The van der Waals surface area contributed by atoms with Gasteiger partial charge in [0, 0.05) is 24.9 Å². The van der Waals surface area contributed by atoms with Crippen LogP contribution in [-0.2, 0) is 4.79 Å². The molecule has 122 valence electrons. The van der Waals surface area contributed by atoms with E-state index in [0.29, 0.717) is 29.8 Å². The van der Waals surface area contributed by atoms with Gasteiger partial charge in [-0.1, -0.05) is 30.3 Å². The third kappa shape index (κ3) is 2.32. The summed E-state index contributed by atoms with van der Waals surface area (Å²) in [6.45, 7) is 3.41. The molecule has 3 nitrogen and oxygen atoms in total. The Morgan fingerprint density at radius 1 is 1.00 bits per heavy atom. The molecule has 4 heterocycles. The van der Waals surface area contributed by atoms with E-state index in [9.17, 15) is 4.79 Å². The highest BCUT2D eigenvalue weighted by molar-refractivity contribution is 5.78. The molecule has 3 atom stereocenters. The van der Waals surface area contributed by atoms with E-state index in [0.717, 1.165) is 18.9 Å². The van der Waals surface area contributed by atoms with Crippen molar-refractivity contribution in [3.8, 4) is 0 Å². The Bertz CT molecular complexity index is 589. The number of amides is 1. The first kappa shape index (κ1) is 14.0.